The number of hydrogen-bond acceptors (Lipinski definition) is 8. The van der Waals surface area contributed by atoms with Gasteiger partial charge in [-0.1, -0.05) is 62.0 Å². The summed E-state index contributed by atoms with van der Waals surface area (Å²) in [5.74, 6) is -2.77. The highest BCUT2D eigenvalue weighted by Crippen LogP contribution is 2.51. The number of nitrogens with two attached hydrogens (primary N) is 1. The van der Waals surface area contributed by atoms with Crippen molar-refractivity contribution in [3.63, 3.8) is 0 Å². The van der Waals surface area contributed by atoms with Crippen molar-refractivity contribution in [3.8, 4) is 11.4 Å². The smallest absolute Gasteiger partial charge is 0.314 e. The predicted octanol–water partition coefficient (Wildman–Crippen LogP) is 9.41. The van der Waals surface area contributed by atoms with Crippen molar-refractivity contribution in [1.82, 2.24) is 29.5 Å². The van der Waals surface area contributed by atoms with Crippen molar-refractivity contribution in [2.45, 2.75) is 62.2 Å². The Morgan fingerprint density at radius 2 is 1.02 bits per heavy atom. The van der Waals surface area contributed by atoms with Crippen LogP contribution in [0.4, 0.5) is 33.6 Å². The molecule has 4 aromatic heterocycles. The van der Waals surface area contributed by atoms with Crippen molar-refractivity contribution in [3.05, 3.63) is 180 Å². The maximum absolute atomic E-state index is 14.0. The molecule has 3 fully saturated rings. The highest BCUT2D eigenvalue weighted by molar-refractivity contribution is 6.66. The Kier molecular flexibility index (Phi) is 14.3. The minimum Gasteiger partial charge on any atom is -0.481 e. The lowest BCUT2D eigenvalue weighted by molar-refractivity contribution is -0.140. The van der Waals surface area contributed by atoms with Crippen molar-refractivity contribution in [1.29, 1.82) is 0 Å². The Bertz CT molecular complexity index is 2750. The monoisotopic (exact) mass is 912 g/mol. The molecule has 3 aromatic carbocycles. The second-order valence-electron chi connectivity index (χ2n) is 15.2. The molecular formula is C47H42ClF5N8O4. The highest BCUT2D eigenvalue weighted by Gasteiger charge is 2.54. The number of carboxylic acids is 1. The molecular weight excluding hydrogens is 871 g/mol. The average Bonchev–Trinajstić information content (AvgIpc) is 4.23. The van der Waals surface area contributed by atoms with Gasteiger partial charge >= 0.3 is 5.97 Å². The van der Waals surface area contributed by atoms with Crippen LogP contribution in [0.1, 0.15) is 62.6 Å². The summed E-state index contributed by atoms with van der Waals surface area (Å²) in [7, 11) is 0. The number of carbonyl (C=O) groups excluding carboxylic acids is 2. The standard InChI is InChI=1S/C18H14F2N4O.C10H8ClFO.C10H9FO2.C8H7FN4.CH4/c19-14-4-2-1-3-13(14)18(7-8-18)17(25)22-16-6-10-24(23-16)12-5-9-21-15(20)11-12;11-9(13)10(5-6-10)7-3-1-2-4-8(7)12;11-8-4-2-1-3-7(8)10(5-6-10)9(12)13;9-7-5-6(1-3-11-7)13-4-2-8(10)12-13;/h1-6,9-11H,7-8H2,(H,22,23,25);1-4H,5-6H2;1-4H,5-6H2,(H,12,13);1-5H,(H2,10,12);1H4. The fourth-order valence-corrected chi connectivity index (χ4v) is 7.32. The van der Waals surface area contributed by atoms with Crippen LogP contribution in [-0.2, 0) is 30.6 Å². The van der Waals surface area contributed by atoms with Crippen LogP contribution < -0.4 is 11.1 Å². The topological polar surface area (TPSA) is 171 Å². The first kappa shape index (κ1) is 47.2. The number of pyridine rings is 2. The second kappa shape index (κ2) is 19.6. The third kappa shape index (κ3) is 10.6. The molecule has 3 aliphatic rings. The molecule has 4 heterocycles. The van der Waals surface area contributed by atoms with E-state index in [2.05, 4.69) is 25.5 Å². The summed E-state index contributed by atoms with van der Waals surface area (Å²) in [5, 5.41) is 19.3. The van der Waals surface area contributed by atoms with E-state index in [0.29, 0.717) is 78.2 Å². The third-order valence-corrected chi connectivity index (χ3v) is 11.4. The van der Waals surface area contributed by atoms with Crippen LogP contribution in [0.2, 0.25) is 0 Å². The minimum absolute atomic E-state index is 0. The molecule has 0 spiro atoms. The van der Waals surface area contributed by atoms with Gasteiger partial charge in [0.05, 0.1) is 27.6 Å². The molecule has 336 valence electrons. The number of aliphatic carboxylic acids is 1. The van der Waals surface area contributed by atoms with Crippen LogP contribution in [0.25, 0.3) is 11.4 Å². The summed E-state index contributed by atoms with van der Waals surface area (Å²) < 4.78 is 69.3. The van der Waals surface area contributed by atoms with Gasteiger partial charge in [0.1, 0.15) is 23.3 Å². The zero-order valence-electron chi connectivity index (χ0n) is 33.6. The number of anilines is 2. The molecule has 0 atom stereocenters. The number of halogens is 6. The largest absolute Gasteiger partial charge is 0.481 e. The quantitative estimate of drug-likeness (QED) is 0.0725. The molecule has 1 amide bonds. The lowest BCUT2D eigenvalue weighted by Gasteiger charge is -2.15. The third-order valence-electron chi connectivity index (χ3n) is 11.0. The lowest BCUT2D eigenvalue weighted by Crippen LogP contribution is -2.29. The second-order valence-corrected chi connectivity index (χ2v) is 15.6. The van der Waals surface area contributed by atoms with Gasteiger partial charge < -0.3 is 16.2 Å². The Balaban J connectivity index is 0.000000151. The van der Waals surface area contributed by atoms with Crippen molar-refractivity contribution >= 4 is 40.4 Å². The van der Waals surface area contributed by atoms with Gasteiger partial charge in [-0.15, -0.1) is 0 Å². The summed E-state index contributed by atoms with van der Waals surface area (Å²) in [6.45, 7) is 0. The first-order chi connectivity index (χ1) is 30.7. The highest BCUT2D eigenvalue weighted by atomic mass is 35.5. The normalized spacial score (nSPS) is 15.1. The van der Waals surface area contributed by atoms with E-state index in [1.165, 1.54) is 52.1 Å². The number of nitrogens with zero attached hydrogens (tertiary/aromatic N) is 6. The first-order valence-electron chi connectivity index (χ1n) is 19.8. The molecule has 18 heteroatoms. The fraction of sp³-hybridized carbons (Fsp3) is 0.213. The molecule has 0 bridgehead atoms. The van der Waals surface area contributed by atoms with E-state index < -0.39 is 45.2 Å². The number of rotatable bonds is 9. The van der Waals surface area contributed by atoms with E-state index in [1.807, 2.05) is 0 Å². The lowest BCUT2D eigenvalue weighted by atomic mass is 9.94. The van der Waals surface area contributed by atoms with Crippen molar-refractivity contribution < 1.29 is 41.4 Å². The molecule has 7 aromatic rings. The van der Waals surface area contributed by atoms with Crippen LogP contribution >= 0.6 is 11.6 Å². The Morgan fingerprint density at radius 3 is 1.40 bits per heavy atom. The summed E-state index contributed by atoms with van der Waals surface area (Å²) in [5.41, 5.74) is 5.19. The summed E-state index contributed by atoms with van der Waals surface area (Å²) in [6.07, 6.45) is 9.58. The van der Waals surface area contributed by atoms with Crippen LogP contribution in [0, 0.1) is 29.3 Å². The van der Waals surface area contributed by atoms with Gasteiger partial charge in [-0.25, -0.2) is 32.5 Å². The molecule has 0 saturated heterocycles. The van der Waals surface area contributed by atoms with E-state index in [-0.39, 0.29) is 25.0 Å². The number of nitrogen functional groups attached to an aromatic ring is 1. The zero-order chi connectivity index (χ0) is 45.6. The number of amides is 1. The van der Waals surface area contributed by atoms with Gasteiger partial charge in [0.25, 0.3) is 0 Å². The maximum atomic E-state index is 14.0. The van der Waals surface area contributed by atoms with Crippen molar-refractivity contribution in [2.24, 2.45) is 0 Å². The van der Waals surface area contributed by atoms with E-state index in [0.717, 1.165) is 0 Å². The molecule has 12 nitrogen and oxygen atoms in total. The number of carbonyl (C=O) groups is 3. The number of aromatic nitrogens is 6. The summed E-state index contributed by atoms with van der Waals surface area (Å²) in [4.78, 5) is 41.5. The van der Waals surface area contributed by atoms with Crippen LogP contribution in [-0.4, -0.2) is 51.8 Å². The molecule has 0 unspecified atom stereocenters. The Morgan fingerprint density at radius 1 is 0.600 bits per heavy atom. The molecule has 4 N–H and O–H groups in total. The summed E-state index contributed by atoms with van der Waals surface area (Å²) in [6, 6.07) is 27.7. The number of nitrogens with one attached hydrogen (secondary N) is 1. The van der Waals surface area contributed by atoms with Gasteiger partial charge in [0.15, 0.2) is 5.82 Å². The maximum Gasteiger partial charge on any atom is 0.314 e. The van der Waals surface area contributed by atoms with Gasteiger partial charge in [-0.2, -0.15) is 19.0 Å². The molecule has 0 aliphatic heterocycles. The average molecular weight is 913 g/mol. The molecule has 0 radical (unpaired) electrons. The summed E-state index contributed by atoms with van der Waals surface area (Å²) >= 11 is 5.43. The van der Waals surface area contributed by atoms with E-state index in [4.69, 9.17) is 22.4 Å². The number of carboxylic acid groups (broad SMARTS) is 1. The first-order valence-corrected chi connectivity index (χ1v) is 20.2. The Hall–Kier alpha value is -7.27. The molecule has 3 saturated carbocycles. The SMILES string of the molecule is C.Nc1ccn(-c2ccnc(F)c2)n1.O=C(Cl)C1(c2ccccc2F)CC1.O=C(Nc1ccn(-c2ccnc(F)c2)n1)C1(c2ccccc2F)CC1.O=C(O)C1(c2ccccc2F)CC1. The Labute approximate surface area is 374 Å². The molecule has 65 heavy (non-hydrogen) atoms. The van der Waals surface area contributed by atoms with Crippen LogP contribution in [0.15, 0.2) is 134 Å². The van der Waals surface area contributed by atoms with E-state index >= 15 is 0 Å². The van der Waals surface area contributed by atoms with Crippen LogP contribution in [0.3, 0.4) is 0 Å². The zero-order valence-corrected chi connectivity index (χ0v) is 34.4. The van der Waals surface area contributed by atoms with Crippen molar-refractivity contribution in [2.75, 3.05) is 11.1 Å². The predicted molar refractivity (Wildman–Crippen MR) is 233 cm³/mol. The van der Waals surface area contributed by atoms with Gasteiger partial charge in [-0.05, 0) is 80.5 Å². The molecule has 10 rings (SSSR count). The van der Waals surface area contributed by atoms with Gasteiger partial charge in [0, 0.05) is 65.7 Å². The number of hydrogen-bond donors (Lipinski definition) is 3. The van der Waals surface area contributed by atoms with E-state index in [1.54, 1.807) is 91.3 Å². The fourth-order valence-electron chi connectivity index (χ4n) is 7.03. The molecule has 3 aliphatic carbocycles. The van der Waals surface area contributed by atoms with E-state index in [9.17, 15) is 36.3 Å². The number of benzene rings is 3. The van der Waals surface area contributed by atoms with Crippen LogP contribution in [0.5, 0.6) is 0 Å². The van der Waals surface area contributed by atoms with Gasteiger partial charge in [-0.3, -0.25) is 14.4 Å². The minimum atomic E-state index is -0.925. The van der Waals surface area contributed by atoms with Gasteiger partial charge in [0.2, 0.25) is 23.0 Å².